The molecule has 2 rings (SSSR count). The molecule has 0 aliphatic carbocycles. The molecule has 0 aromatic heterocycles. The molecule has 0 unspecified atom stereocenters. The number of para-hydroxylation sites is 2. The second-order valence-corrected chi connectivity index (χ2v) is 9.80. The number of hydrogen-bond donors (Lipinski definition) is 2. The minimum atomic E-state index is -1.00. The van der Waals surface area contributed by atoms with Crippen LogP contribution in [0.1, 0.15) is 39.7 Å². The molecule has 2 aromatic carbocycles. The molecule has 2 N–H and O–H groups in total. The first-order valence-corrected chi connectivity index (χ1v) is 12.5. The van der Waals surface area contributed by atoms with Crippen molar-refractivity contribution in [1.29, 1.82) is 0 Å². The predicted octanol–water partition coefficient (Wildman–Crippen LogP) is 7.01. The molecular weight excluding hydrogens is 483 g/mol. The van der Waals surface area contributed by atoms with E-state index in [0.29, 0.717) is 33.6 Å². The lowest BCUT2D eigenvalue weighted by atomic mass is 9.80. The van der Waals surface area contributed by atoms with Gasteiger partial charge in [-0.25, -0.2) is 0 Å². The largest absolute Gasteiger partial charge is 0.427 e. The molecule has 0 spiro atoms. The highest BCUT2D eigenvalue weighted by Gasteiger charge is 2.34. The third-order valence-electron chi connectivity index (χ3n) is 6.13. The number of ether oxygens (including phenoxy) is 1. The highest BCUT2D eigenvalue weighted by atomic mass is 35.5. The number of carbonyl (C=O) groups is 1. The number of carbonyl (C=O) groups excluding carboxylic acids is 1. The Hall–Kier alpha value is -2.31. The Balaban J connectivity index is 2.18. The van der Waals surface area contributed by atoms with Crippen LogP contribution < -0.4 is 5.32 Å². The topological polar surface area (TPSA) is 61.8 Å². The van der Waals surface area contributed by atoms with Crippen LogP contribution in [-0.4, -0.2) is 42.2 Å². The Morgan fingerprint density at radius 2 is 1.80 bits per heavy atom. The van der Waals surface area contributed by atoms with E-state index in [1.165, 1.54) is 0 Å². The van der Waals surface area contributed by atoms with Crippen molar-refractivity contribution in [3.8, 4) is 0 Å². The Morgan fingerprint density at radius 3 is 2.37 bits per heavy atom. The summed E-state index contributed by atoms with van der Waals surface area (Å²) in [4.78, 5) is 14.9. The quantitative estimate of drug-likeness (QED) is 0.190. The van der Waals surface area contributed by atoms with Gasteiger partial charge in [0, 0.05) is 18.2 Å². The first-order valence-electron chi connectivity index (χ1n) is 11.7. The maximum atomic E-state index is 12.9. The van der Waals surface area contributed by atoms with Gasteiger partial charge in [0.2, 0.25) is 0 Å². The minimum absolute atomic E-state index is 0.00198. The molecule has 7 heteroatoms. The van der Waals surface area contributed by atoms with Gasteiger partial charge in [0.1, 0.15) is 5.76 Å². The fourth-order valence-corrected chi connectivity index (χ4v) is 4.59. The number of allylic oxidation sites excluding steroid dienone is 2. The number of aliphatic hydroxyl groups is 1. The number of halogens is 2. The molecule has 0 aliphatic heterocycles. The Morgan fingerprint density at radius 1 is 1.17 bits per heavy atom. The van der Waals surface area contributed by atoms with E-state index in [4.69, 9.17) is 27.9 Å². The summed E-state index contributed by atoms with van der Waals surface area (Å²) in [5, 5.41) is 15.6. The van der Waals surface area contributed by atoms with E-state index in [1.807, 2.05) is 59.1 Å². The lowest BCUT2D eigenvalue weighted by molar-refractivity contribution is -0.138. The number of benzene rings is 2. The second kappa shape index (κ2) is 13.1. The second-order valence-electron chi connectivity index (χ2n) is 8.99. The number of nitrogens with zero attached hydrogens (tertiary/aromatic N) is 1. The van der Waals surface area contributed by atoms with Gasteiger partial charge < -0.3 is 20.1 Å². The summed E-state index contributed by atoms with van der Waals surface area (Å²) in [7, 11) is 3.97. The van der Waals surface area contributed by atoms with E-state index in [-0.39, 0.29) is 12.3 Å². The zero-order valence-electron chi connectivity index (χ0n) is 21.4. The summed E-state index contributed by atoms with van der Waals surface area (Å²) in [5.74, 6) is -0.0128. The number of rotatable bonds is 11. The van der Waals surface area contributed by atoms with Crippen molar-refractivity contribution < 1.29 is 14.6 Å². The smallest absolute Gasteiger partial charge is 0.315 e. The molecule has 0 heterocycles. The predicted molar refractivity (Wildman–Crippen MR) is 146 cm³/mol. The number of nitrogens with one attached hydrogen (secondary N) is 1. The van der Waals surface area contributed by atoms with Crippen LogP contribution in [0, 0.1) is 5.92 Å². The van der Waals surface area contributed by atoms with E-state index in [9.17, 15) is 9.90 Å². The molecule has 0 aliphatic rings. The summed E-state index contributed by atoms with van der Waals surface area (Å²) in [6.07, 6.45) is 4.08. The van der Waals surface area contributed by atoms with Crippen molar-refractivity contribution in [2.75, 3.05) is 26.0 Å². The monoisotopic (exact) mass is 518 g/mol. The molecule has 0 amide bonds. The van der Waals surface area contributed by atoms with Crippen LogP contribution in [-0.2, 0) is 16.0 Å². The van der Waals surface area contributed by atoms with E-state index in [2.05, 4.69) is 10.2 Å². The zero-order valence-corrected chi connectivity index (χ0v) is 22.9. The fraction of sp³-hybridized carbons (Fsp3) is 0.393. The maximum absolute atomic E-state index is 12.9. The molecule has 0 saturated heterocycles. The standard InChI is InChI=1S/C28H36Cl2N2O3/c1-7-22(16-19(3)28(34,8-2)20(4)18-32(5)6)35-26(33)17-21-12-9-10-15-25(21)31-27-23(29)13-11-14-24(27)30/h7,9-16,20,31,34H,8,17-18H2,1-6H3/b19-16+,22-7+/t20-,28+/m1/s1. The van der Waals surface area contributed by atoms with Crippen LogP contribution in [0.4, 0.5) is 11.4 Å². The van der Waals surface area contributed by atoms with Gasteiger partial charge in [-0.3, -0.25) is 4.79 Å². The Bertz CT molecular complexity index is 1060. The average molecular weight is 520 g/mol. The molecule has 2 aromatic rings. The number of anilines is 2. The molecule has 2 atom stereocenters. The van der Waals surface area contributed by atoms with E-state index < -0.39 is 11.6 Å². The highest BCUT2D eigenvalue weighted by molar-refractivity contribution is 6.39. The van der Waals surface area contributed by atoms with Crippen LogP contribution >= 0.6 is 23.2 Å². The van der Waals surface area contributed by atoms with Crippen LogP contribution in [0.3, 0.4) is 0 Å². The van der Waals surface area contributed by atoms with Gasteiger partial charge in [0.15, 0.2) is 0 Å². The Kier molecular flexibility index (Phi) is 10.8. The molecule has 190 valence electrons. The van der Waals surface area contributed by atoms with Crippen molar-refractivity contribution in [2.24, 2.45) is 5.92 Å². The van der Waals surface area contributed by atoms with Crippen LogP contribution in [0.2, 0.25) is 10.0 Å². The summed E-state index contributed by atoms with van der Waals surface area (Å²) in [6, 6.07) is 12.7. The van der Waals surface area contributed by atoms with Crippen LogP contribution in [0.25, 0.3) is 0 Å². The van der Waals surface area contributed by atoms with Gasteiger partial charge in [0.05, 0.1) is 27.8 Å². The van der Waals surface area contributed by atoms with Crippen molar-refractivity contribution in [1.82, 2.24) is 4.90 Å². The number of hydrogen-bond acceptors (Lipinski definition) is 5. The summed E-state index contributed by atoms with van der Waals surface area (Å²) in [5.41, 5.74) is 1.79. The summed E-state index contributed by atoms with van der Waals surface area (Å²) in [6.45, 7) is 8.40. The third kappa shape index (κ3) is 7.84. The number of esters is 1. The van der Waals surface area contributed by atoms with Gasteiger partial charge in [0.25, 0.3) is 0 Å². The first-order chi connectivity index (χ1) is 16.5. The third-order valence-corrected chi connectivity index (χ3v) is 6.76. The Labute approximate surface area is 219 Å². The molecule has 5 nitrogen and oxygen atoms in total. The van der Waals surface area contributed by atoms with E-state index >= 15 is 0 Å². The normalized spacial score (nSPS) is 15.0. The van der Waals surface area contributed by atoms with Gasteiger partial charge >= 0.3 is 5.97 Å². The van der Waals surface area contributed by atoms with Crippen molar-refractivity contribution >= 4 is 40.5 Å². The van der Waals surface area contributed by atoms with E-state index in [1.54, 1.807) is 37.3 Å². The first kappa shape index (κ1) is 28.9. The molecule has 35 heavy (non-hydrogen) atoms. The van der Waals surface area contributed by atoms with Crippen LogP contribution in [0.5, 0.6) is 0 Å². The summed E-state index contributed by atoms with van der Waals surface area (Å²) < 4.78 is 5.67. The maximum Gasteiger partial charge on any atom is 0.315 e. The molecule has 0 radical (unpaired) electrons. The molecule has 0 bridgehead atoms. The molecule has 0 saturated carbocycles. The minimum Gasteiger partial charge on any atom is -0.427 e. The van der Waals surface area contributed by atoms with Gasteiger partial charge in [-0.15, -0.1) is 0 Å². The molecule has 0 fully saturated rings. The van der Waals surface area contributed by atoms with Crippen LogP contribution in [0.15, 0.2) is 65.9 Å². The fourth-order valence-electron chi connectivity index (χ4n) is 4.10. The highest BCUT2D eigenvalue weighted by Crippen LogP contribution is 2.34. The zero-order chi connectivity index (χ0) is 26.2. The van der Waals surface area contributed by atoms with E-state index in [0.717, 1.165) is 17.7 Å². The van der Waals surface area contributed by atoms with Gasteiger partial charge in [-0.1, -0.05) is 61.3 Å². The van der Waals surface area contributed by atoms with Crippen molar-refractivity contribution in [3.05, 3.63) is 81.6 Å². The SMILES string of the molecule is C/C=C(\C=C(/C)[C@@](O)(CC)[C@H](C)CN(C)C)OC(=O)Cc1ccccc1Nc1c(Cl)cccc1Cl. The average Bonchev–Trinajstić information content (AvgIpc) is 2.80. The van der Waals surface area contributed by atoms with Gasteiger partial charge in [-0.2, -0.15) is 0 Å². The van der Waals surface area contributed by atoms with Gasteiger partial charge in [-0.05, 0) is 75.9 Å². The summed E-state index contributed by atoms with van der Waals surface area (Å²) >= 11 is 12.6. The van der Waals surface area contributed by atoms with Crippen molar-refractivity contribution in [3.63, 3.8) is 0 Å². The lowest BCUT2D eigenvalue weighted by Gasteiger charge is -2.36. The molecular formula is C28H36Cl2N2O3. The lowest BCUT2D eigenvalue weighted by Crippen LogP contribution is -2.42. The van der Waals surface area contributed by atoms with Crippen molar-refractivity contribution in [2.45, 2.75) is 46.1 Å².